The molecule has 4 aromatic rings. The minimum atomic E-state index is -1.53. The minimum absolute atomic E-state index is 0.0166. The Morgan fingerprint density at radius 2 is 1.33 bits per heavy atom. The smallest absolute Gasteiger partial charge is 0.372 e. The highest BCUT2D eigenvalue weighted by atomic mass is 32.2. The normalized spacial score (nSPS) is 18.0. The Hall–Kier alpha value is -6.35. The number of benzene rings is 4. The van der Waals surface area contributed by atoms with Gasteiger partial charge >= 0.3 is 25.1 Å². The molecule has 3 fully saturated rings. The number of hydrogen-bond acceptors (Lipinski definition) is 8. The van der Waals surface area contributed by atoms with E-state index in [2.05, 4.69) is 35.2 Å². The van der Waals surface area contributed by atoms with Gasteiger partial charge in [0.2, 0.25) is 10.0 Å². The van der Waals surface area contributed by atoms with Crippen molar-refractivity contribution in [1.29, 1.82) is 0 Å². The lowest BCUT2D eigenvalue weighted by molar-refractivity contribution is -0.144. The SMILES string of the molecule is C#[N+]OC(=O)c1ccc(CCc2ccc(NC(=O)c3cc(N4CCCCC4)ccc3NC(=O)c3cccc(S(=O)N(C4CCC(C(=O)O[N+]#C)CC4)C4CC4)c3)cc2)cc1. The molecule has 13 nitrogen and oxygen atoms in total. The zero-order valence-electron chi connectivity index (χ0n) is 33.3. The maximum Gasteiger partial charge on any atom is 0.430 e. The molecule has 7 rings (SSSR count). The molecule has 0 radical (unpaired) electrons. The van der Waals surface area contributed by atoms with E-state index >= 15 is 0 Å². The first-order valence-corrected chi connectivity index (χ1v) is 21.5. The second kappa shape index (κ2) is 19.6. The molecule has 1 heterocycles. The van der Waals surface area contributed by atoms with Crippen molar-refractivity contribution in [2.75, 3.05) is 28.6 Å². The molecule has 1 saturated heterocycles. The van der Waals surface area contributed by atoms with Crippen molar-refractivity contribution in [1.82, 2.24) is 4.31 Å². The summed E-state index contributed by atoms with van der Waals surface area (Å²) in [6, 6.07) is 27.2. The van der Waals surface area contributed by atoms with Gasteiger partial charge in [-0.25, -0.2) is 18.1 Å². The lowest BCUT2D eigenvalue weighted by Crippen LogP contribution is -2.41. The number of nitrogens with one attached hydrogen (secondary N) is 2. The van der Waals surface area contributed by atoms with E-state index in [0.29, 0.717) is 58.6 Å². The number of nitrogens with zero attached hydrogens (tertiary/aromatic N) is 4. The van der Waals surface area contributed by atoms with Crippen LogP contribution in [0.3, 0.4) is 0 Å². The number of carbonyl (C=O) groups excluding carboxylic acids is 4. The molecule has 2 N–H and O–H groups in total. The monoisotopic (exact) mass is 828 g/mol. The van der Waals surface area contributed by atoms with Gasteiger partial charge in [0.1, 0.15) is 11.0 Å². The van der Waals surface area contributed by atoms with Gasteiger partial charge in [-0.05, 0) is 142 Å². The van der Waals surface area contributed by atoms with Gasteiger partial charge in [-0.15, -0.1) is 0 Å². The summed E-state index contributed by atoms with van der Waals surface area (Å²) in [4.78, 5) is 63.9. The summed E-state index contributed by atoms with van der Waals surface area (Å²) in [5.74, 6) is -2.15. The van der Waals surface area contributed by atoms with Crippen molar-refractivity contribution in [3.05, 3.63) is 129 Å². The number of aryl methyl sites for hydroxylation is 2. The molecule has 1 aliphatic heterocycles. The quantitative estimate of drug-likeness (QED) is 0.121. The summed E-state index contributed by atoms with van der Waals surface area (Å²) in [5, 5.41) is 11.9. The van der Waals surface area contributed by atoms with E-state index in [-0.39, 0.29) is 23.9 Å². The molecule has 60 heavy (non-hydrogen) atoms. The zero-order valence-corrected chi connectivity index (χ0v) is 34.1. The number of amides is 2. The largest absolute Gasteiger partial charge is 0.430 e. The Kier molecular flexibility index (Phi) is 13.7. The lowest BCUT2D eigenvalue weighted by Gasteiger charge is -2.34. The summed E-state index contributed by atoms with van der Waals surface area (Å²) in [6.07, 6.45) is 9.18. The fraction of sp³-hybridized carbons (Fsp3) is 0.348. The van der Waals surface area contributed by atoms with Gasteiger partial charge in [0.15, 0.2) is 0 Å². The molecular formula is C46H48N6O7S+2. The predicted octanol–water partition coefficient (Wildman–Crippen LogP) is 8.47. The molecule has 308 valence electrons. The first-order chi connectivity index (χ1) is 29.2. The van der Waals surface area contributed by atoms with Gasteiger partial charge in [-0.2, -0.15) is 0 Å². The molecule has 2 aliphatic carbocycles. The van der Waals surface area contributed by atoms with Crippen LogP contribution in [0, 0.1) is 19.1 Å². The van der Waals surface area contributed by atoms with Crippen LogP contribution in [0.1, 0.15) is 100.0 Å². The lowest BCUT2D eigenvalue weighted by atomic mass is 9.86. The summed E-state index contributed by atoms with van der Waals surface area (Å²) in [7, 11) is -1.53. The van der Waals surface area contributed by atoms with Crippen LogP contribution < -0.4 is 15.5 Å². The van der Waals surface area contributed by atoms with Crippen LogP contribution in [0.2, 0.25) is 0 Å². The molecule has 0 spiro atoms. The molecule has 2 saturated carbocycles. The van der Waals surface area contributed by atoms with Crippen LogP contribution in [0.4, 0.5) is 17.1 Å². The second-order valence-corrected chi connectivity index (χ2v) is 16.8. The maximum atomic E-state index is 14.2. The molecule has 1 atom stereocenters. The molecule has 1 unspecified atom stereocenters. The van der Waals surface area contributed by atoms with E-state index in [1.54, 1.807) is 42.5 Å². The summed E-state index contributed by atoms with van der Waals surface area (Å²) in [6.45, 7) is 11.7. The fourth-order valence-corrected chi connectivity index (χ4v) is 9.61. The highest BCUT2D eigenvalue weighted by Crippen LogP contribution is 2.38. The third-order valence-electron chi connectivity index (χ3n) is 11.4. The Labute approximate surface area is 352 Å². The number of hydrogen-bond donors (Lipinski definition) is 2. The molecule has 0 bridgehead atoms. The highest BCUT2D eigenvalue weighted by molar-refractivity contribution is 7.82. The minimum Gasteiger partial charge on any atom is -0.372 e. The Morgan fingerprint density at radius 1 is 0.700 bits per heavy atom. The van der Waals surface area contributed by atoms with Crippen molar-refractivity contribution in [3.8, 4) is 13.1 Å². The van der Waals surface area contributed by atoms with Crippen LogP contribution in [-0.4, -0.2) is 57.4 Å². The third kappa shape index (κ3) is 10.4. The molecule has 2 amide bonds. The number of rotatable bonds is 14. The molecular weight excluding hydrogens is 781 g/mol. The standard InChI is InChI=1S/C46H46N6O7S/c1-47-58-45(55)33-15-11-31(12-16-33)9-10-32-13-19-36(20-14-32)49-44(54)41-30-39(51-27-4-3-5-28-51)25-26-42(41)50-43(53)35-7-6-8-40(29-35)60(57)52(38-23-24-38)37-21-17-34(18-22-37)46(56)59-48-2/h1-2,6-8,11-16,19-20,25-26,29-30,34,37-38H,3-5,9-10,17-18,21-24,27-28H2/p+2. The number of piperidine rings is 1. The average molecular weight is 829 g/mol. The molecule has 14 heteroatoms. The average Bonchev–Trinajstić information content (AvgIpc) is 4.12. The van der Waals surface area contributed by atoms with E-state index in [9.17, 15) is 23.4 Å². The fourth-order valence-electron chi connectivity index (χ4n) is 7.98. The molecule has 4 aromatic carbocycles. The highest BCUT2D eigenvalue weighted by Gasteiger charge is 2.41. The van der Waals surface area contributed by atoms with Crippen molar-refractivity contribution in [3.63, 3.8) is 0 Å². The second-order valence-electron chi connectivity index (χ2n) is 15.5. The van der Waals surface area contributed by atoms with Crippen molar-refractivity contribution in [2.45, 2.75) is 87.6 Å². The number of carbonyl (C=O) groups is 4. The zero-order chi connectivity index (χ0) is 42.0. The summed E-state index contributed by atoms with van der Waals surface area (Å²) in [5.41, 5.74) is 4.97. The van der Waals surface area contributed by atoms with Crippen LogP contribution in [-0.2, 0) is 38.3 Å². The summed E-state index contributed by atoms with van der Waals surface area (Å²) < 4.78 is 16.2. The van der Waals surface area contributed by atoms with Crippen molar-refractivity contribution < 1.29 is 33.1 Å². The van der Waals surface area contributed by atoms with Crippen LogP contribution in [0.15, 0.2) is 95.9 Å². The first kappa shape index (κ1) is 41.8. The Morgan fingerprint density at radius 3 is 1.97 bits per heavy atom. The van der Waals surface area contributed by atoms with Gasteiger partial charge in [0, 0.05) is 42.1 Å². The van der Waals surface area contributed by atoms with Crippen LogP contribution >= 0.6 is 0 Å². The van der Waals surface area contributed by atoms with Gasteiger partial charge in [-0.1, -0.05) is 40.0 Å². The molecule has 0 aromatic heterocycles. The van der Waals surface area contributed by atoms with E-state index < -0.39 is 28.8 Å². The Bertz CT molecular complexity index is 2320. The third-order valence-corrected chi connectivity index (χ3v) is 13.0. The predicted molar refractivity (Wildman–Crippen MR) is 230 cm³/mol. The van der Waals surface area contributed by atoms with Gasteiger partial charge < -0.3 is 15.5 Å². The number of anilines is 3. The first-order valence-electron chi connectivity index (χ1n) is 20.4. The van der Waals surface area contributed by atoms with E-state index in [4.69, 9.17) is 13.1 Å². The van der Waals surface area contributed by atoms with Gasteiger partial charge in [0.25, 0.3) is 11.8 Å². The van der Waals surface area contributed by atoms with Gasteiger partial charge in [-0.3, -0.25) is 9.59 Å². The van der Waals surface area contributed by atoms with Crippen molar-refractivity contribution in [2.24, 2.45) is 5.92 Å². The van der Waals surface area contributed by atoms with Gasteiger partial charge in [0.05, 0.1) is 27.6 Å². The van der Waals surface area contributed by atoms with Crippen molar-refractivity contribution >= 4 is 51.8 Å². The van der Waals surface area contributed by atoms with E-state index in [1.165, 1.54) is 0 Å². The summed E-state index contributed by atoms with van der Waals surface area (Å²) >= 11 is 0. The maximum absolute atomic E-state index is 14.2. The van der Waals surface area contributed by atoms with E-state index in [1.807, 2.05) is 52.8 Å². The molecule has 3 aliphatic rings. The Balaban J connectivity index is 1.03. The van der Waals surface area contributed by atoms with E-state index in [0.717, 1.165) is 74.8 Å². The van der Waals surface area contributed by atoms with Crippen LogP contribution in [0.5, 0.6) is 0 Å². The topological polar surface area (TPSA) is 143 Å². The van der Waals surface area contributed by atoms with Crippen LogP contribution in [0.25, 0.3) is 10.0 Å².